The average Bonchev–Trinajstić information content (AvgIpc) is 3.50. The Morgan fingerprint density at radius 3 is 2.80 bits per heavy atom. The summed E-state index contributed by atoms with van der Waals surface area (Å²) in [5.74, 6) is 1.75. The van der Waals surface area contributed by atoms with E-state index in [2.05, 4.69) is 20.2 Å². The number of thiophene rings is 1. The van der Waals surface area contributed by atoms with Gasteiger partial charge in [-0.15, -0.1) is 11.3 Å². The molecule has 4 rings (SSSR count). The Balaban J connectivity index is 1.57. The van der Waals surface area contributed by atoms with Crippen molar-refractivity contribution in [1.82, 2.24) is 20.2 Å². The number of amides is 1. The third kappa shape index (κ3) is 4.05. The predicted octanol–water partition coefficient (Wildman–Crippen LogP) is 3.31. The third-order valence-corrected chi connectivity index (χ3v) is 6.57. The lowest BCUT2D eigenvalue weighted by Gasteiger charge is -2.25. The molecule has 30 heavy (non-hydrogen) atoms. The van der Waals surface area contributed by atoms with Gasteiger partial charge in [-0.25, -0.2) is 4.98 Å². The van der Waals surface area contributed by atoms with E-state index < -0.39 is 0 Å². The molecule has 1 atom stereocenters. The maximum Gasteiger partial charge on any atom is 0.261 e. The van der Waals surface area contributed by atoms with Gasteiger partial charge in [-0.3, -0.25) is 9.69 Å². The van der Waals surface area contributed by atoms with E-state index in [1.165, 1.54) is 24.2 Å². The molecule has 3 aromatic heterocycles. The summed E-state index contributed by atoms with van der Waals surface area (Å²) in [7, 11) is 3.16. The molecular formula is C21H26N4O4S. The number of ether oxygens (including phenoxy) is 2. The smallest absolute Gasteiger partial charge is 0.261 e. The van der Waals surface area contributed by atoms with Gasteiger partial charge in [0, 0.05) is 13.7 Å². The second-order valence-corrected chi connectivity index (χ2v) is 8.30. The van der Waals surface area contributed by atoms with Gasteiger partial charge in [0.1, 0.15) is 17.2 Å². The van der Waals surface area contributed by atoms with E-state index in [4.69, 9.17) is 13.9 Å². The number of fused-ring (bicyclic) bond motifs is 1. The molecule has 0 spiro atoms. The third-order valence-electron chi connectivity index (χ3n) is 5.39. The van der Waals surface area contributed by atoms with E-state index in [0.29, 0.717) is 23.1 Å². The second-order valence-electron chi connectivity index (χ2n) is 7.30. The van der Waals surface area contributed by atoms with E-state index in [-0.39, 0.29) is 18.6 Å². The number of rotatable bonds is 8. The molecule has 1 N–H and O–H groups in total. The molecule has 1 unspecified atom stereocenters. The minimum absolute atomic E-state index is 0.0313. The maximum atomic E-state index is 13.1. The molecule has 0 aliphatic carbocycles. The number of hydrogen-bond donors (Lipinski definition) is 1. The standard InChI is InChI=1S/C21H26N4O4S/c1-13-17-20(28-3)23-16(12-27-2)24-21(17)30-18(13)19(26)22-11-14(15-7-6-10-29-15)25-8-4-5-9-25/h6-7,10,14H,4-5,8-9,11-12H2,1-3H3,(H,22,26). The zero-order valence-electron chi connectivity index (χ0n) is 17.4. The Morgan fingerprint density at radius 1 is 1.33 bits per heavy atom. The molecule has 0 saturated carbocycles. The van der Waals surface area contributed by atoms with Gasteiger partial charge >= 0.3 is 0 Å². The minimum Gasteiger partial charge on any atom is -0.480 e. The molecule has 0 aromatic carbocycles. The van der Waals surface area contributed by atoms with Crippen LogP contribution in [0.4, 0.5) is 0 Å². The summed E-state index contributed by atoms with van der Waals surface area (Å²) in [5.41, 5.74) is 0.823. The molecule has 1 aliphatic heterocycles. The molecule has 4 heterocycles. The Morgan fingerprint density at radius 2 is 2.13 bits per heavy atom. The van der Waals surface area contributed by atoms with Crippen molar-refractivity contribution < 1.29 is 18.7 Å². The first kappa shape index (κ1) is 20.8. The predicted molar refractivity (Wildman–Crippen MR) is 114 cm³/mol. The van der Waals surface area contributed by atoms with Crippen molar-refractivity contribution in [3.63, 3.8) is 0 Å². The fourth-order valence-corrected chi connectivity index (χ4v) is 5.02. The van der Waals surface area contributed by atoms with Crippen molar-refractivity contribution in [3.05, 3.63) is 40.4 Å². The van der Waals surface area contributed by atoms with Crippen LogP contribution in [0.25, 0.3) is 10.2 Å². The van der Waals surface area contributed by atoms with Crippen molar-refractivity contribution in [1.29, 1.82) is 0 Å². The van der Waals surface area contributed by atoms with Crippen molar-refractivity contribution in [3.8, 4) is 5.88 Å². The highest BCUT2D eigenvalue weighted by molar-refractivity contribution is 7.20. The van der Waals surface area contributed by atoms with E-state index in [0.717, 1.165) is 34.6 Å². The van der Waals surface area contributed by atoms with Crippen LogP contribution >= 0.6 is 11.3 Å². The zero-order chi connectivity index (χ0) is 21.1. The zero-order valence-corrected chi connectivity index (χ0v) is 18.3. The number of carbonyl (C=O) groups excluding carboxylic acids is 1. The first-order valence-electron chi connectivity index (χ1n) is 10.0. The van der Waals surface area contributed by atoms with Gasteiger partial charge in [-0.2, -0.15) is 4.98 Å². The van der Waals surface area contributed by atoms with E-state index in [1.807, 2.05) is 19.1 Å². The number of hydrogen-bond acceptors (Lipinski definition) is 8. The molecule has 9 heteroatoms. The number of likely N-dealkylation sites (tertiary alicyclic amines) is 1. The second kappa shape index (κ2) is 9.11. The summed E-state index contributed by atoms with van der Waals surface area (Å²) < 4.78 is 16.2. The number of aromatic nitrogens is 2. The molecule has 1 saturated heterocycles. The van der Waals surface area contributed by atoms with Crippen molar-refractivity contribution >= 4 is 27.5 Å². The molecule has 160 valence electrons. The molecule has 8 nitrogen and oxygen atoms in total. The number of methoxy groups -OCH3 is 2. The Hall–Kier alpha value is -2.49. The highest BCUT2D eigenvalue weighted by atomic mass is 32.1. The normalized spacial score (nSPS) is 15.6. The van der Waals surface area contributed by atoms with Crippen LogP contribution in [0.2, 0.25) is 0 Å². The van der Waals surface area contributed by atoms with Crippen molar-refractivity contribution in [2.45, 2.75) is 32.4 Å². The molecule has 0 radical (unpaired) electrons. The summed E-state index contributed by atoms with van der Waals surface area (Å²) >= 11 is 1.35. The average molecular weight is 431 g/mol. The first-order valence-corrected chi connectivity index (χ1v) is 10.8. The van der Waals surface area contributed by atoms with Crippen LogP contribution in [0, 0.1) is 6.92 Å². The van der Waals surface area contributed by atoms with Gasteiger partial charge in [-0.05, 0) is 50.6 Å². The van der Waals surface area contributed by atoms with Crippen molar-refractivity contribution in [2.24, 2.45) is 0 Å². The SMILES string of the molecule is COCc1nc(OC)c2c(C)c(C(=O)NCC(c3ccco3)N3CCCC3)sc2n1. The molecule has 1 fully saturated rings. The molecular weight excluding hydrogens is 404 g/mol. The summed E-state index contributed by atoms with van der Waals surface area (Å²) in [6.45, 7) is 4.69. The maximum absolute atomic E-state index is 13.1. The summed E-state index contributed by atoms with van der Waals surface area (Å²) in [5, 5.41) is 3.87. The molecule has 1 aliphatic rings. The lowest BCUT2D eigenvalue weighted by Crippen LogP contribution is -2.36. The van der Waals surface area contributed by atoms with Gasteiger partial charge < -0.3 is 19.2 Å². The van der Waals surface area contributed by atoms with Gasteiger partial charge in [0.05, 0.1) is 29.7 Å². The highest BCUT2D eigenvalue weighted by Crippen LogP contribution is 2.35. The topological polar surface area (TPSA) is 89.7 Å². The summed E-state index contributed by atoms with van der Waals surface area (Å²) in [6, 6.07) is 3.89. The monoisotopic (exact) mass is 430 g/mol. The van der Waals surface area contributed by atoms with Crippen LogP contribution in [0.3, 0.4) is 0 Å². The van der Waals surface area contributed by atoms with Crippen LogP contribution in [-0.4, -0.2) is 54.6 Å². The fraction of sp³-hybridized carbons (Fsp3) is 0.476. The van der Waals surface area contributed by atoms with E-state index >= 15 is 0 Å². The van der Waals surface area contributed by atoms with Gasteiger partial charge in [0.25, 0.3) is 5.91 Å². The Labute approximate surface area is 179 Å². The van der Waals surface area contributed by atoms with Gasteiger partial charge in [0.2, 0.25) is 5.88 Å². The minimum atomic E-state index is -0.124. The number of aryl methyl sites for hydroxylation is 1. The Bertz CT molecular complexity index is 1010. The quantitative estimate of drug-likeness (QED) is 0.586. The largest absolute Gasteiger partial charge is 0.480 e. The lowest BCUT2D eigenvalue weighted by molar-refractivity contribution is 0.0937. The summed E-state index contributed by atoms with van der Waals surface area (Å²) in [4.78, 5) is 25.7. The number of furan rings is 1. The number of nitrogens with one attached hydrogen (secondary N) is 1. The van der Waals surface area contributed by atoms with Crippen LogP contribution in [-0.2, 0) is 11.3 Å². The fourth-order valence-electron chi connectivity index (χ4n) is 3.92. The highest BCUT2D eigenvalue weighted by Gasteiger charge is 2.27. The molecule has 0 bridgehead atoms. The van der Waals surface area contributed by atoms with E-state index in [9.17, 15) is 4.79 Å². The molecule has 1 amide bonds. The van der Waals surface area contributed by atoms with Crippen molar-refractivity contribution in [2.75, 3.05) is 33.9 Å². The number of nitrogens with zero attached hydrogens (tertiary/aromatic N) is 3. The van der Waals surface area contributed by atoms with Crippen LogP contribution in [0.1, 0.15) is 45.7 Å². The molecule has 3 aromatic rings. The van der Waals surface area contributed by atoms with E-state index in [1.54, 1.807) is 20.5 Å². The van der Waals surface area contributed by atoms with Gasteiger partial charge in [0.15, 0.2) is 5.82 Å². The van der Waals surface area contributed by atoms with Crippen LogP contribution in [0.15, 0.2) is 22.8 Å². The van der Waals surface area contributed by atoms with Gasteiger partial charge in [-0.1, -0.05) is 0 Å². The van der Waals surface area contributed by atoms with Crippen LogP contribution < -0.4 is 10.1 Å². The summed E-state index contributed by atoms with van der Waals surface area (Å²) in [6.07, 6.45) is 4.02. The first-order chi connectivity index (χ1) is 14.6. The lowest BCUT2D eigenvalue weighted by atomic mass is 10.1. The van der Waals surface area contributed by atoms with Crippen LogP contribution in [0.5, 0.6) is 5.88 Å². The number of carbonyl (C=O) groups is 1. The Kier molecular flexibility index (Phi) is 6.31.